The van der Waals surface area contributed by atoms with Crippen molar-refractivity contribution in [3.63, 3.8) is 0 Å². The van der Waals surface area contributed by atoms with Crippen molar-refractivity contribution in [3.05, 3.63) is 0 Å². The van der Waals surface area contributed by atoms with Crippen LogP contribution in [0, 0.1) is 5.41 Å². The van der Waals surface area contributed by atoms with E-state index in [4.69, 9.17) is 0 Å². The van der Waals surface area contributed by atoms with Crippen molar-refractivity contribution < 1.29 is 9.90 Å². The van der Waals surface area contributed by atoms with Crippen LogP contribution in [0.1, 0.15) is 38.5 Å². The zero-order valence-corrected chi connectivity index (χ0v) is 10.7. The van der Waals surface area contributed by atoms with Gasteiger partial charge in [0.1, 0.15) is 0 Å². The van der Waals surface area contributed by atoms with E-state index in [1.165, 1.54) is 12.8 Å². The van der Waals surface area contributed by atoms with Crippen LogP contribution in [0.15, 0.2) is 0 Å². The number of amides is 1. The molecule has 0 aromatic heterocycles. The van der Waals surface area contributed by atoms with Crippen LogP contribution < -0.4 is 5.32 Å². The highest BCUT2D eigenvalue weighted by Gasteiger charge is 2.38. The zero-order chi connectivity index (χ0) is 12.3. The van der Waals surface area contributed by atoms with Gasteiger partial charge in [-0.3, -0.25) is 4.79 Å². The number of piperidine rings is 1. The maximum atomic E-state index is 12.2. The van der Waals surface area contributed by atoms with Crippen LogP contribution in [-0.4, -0.2) is 48.7 Å². The fourth-order valence-corrected chi connectivity index (χ4v) is 3.26. The van der Waals surface area contributed by atoms with Crippen molar-refractivity contribution in [3.8, 4) is 0 Å². The first-order chi connectivity index (χ1) is 8.21. The second-order valence-corrected chi connectivity index (χ2v) is 5.61. The van der Waals surface area contributed by atoms with Crippen molar-refractivity contribution in [2.45, 2.75) is 44.6 Å². The number of hydrogen-bond donors (Lipinski definition) is 2. The number of rotatable bonds is 4. The van der Waals surface area contributed by atoms with Gasteiger partial charge in [-0.05, 0) is 32.7 Å². The molecule has 4 nitrogen and oxygen atoms in total. The number of carbonyl (C=O) groups is 1. The normalized spacial score (nSPS) is 28.7. The Morgan fingerprint density at radius 3 is 2.71 bits per heavy atom. The molecular weight excluding hydrogens is 216 g/mol. The highest BCUT2D eigenvalue weighted by Crippen LogP contribution is 2.38. The third-order valence-electron chi connectivity index (χ3n) is 4.40. The molecule has 1 atom stereocenters. The second kappa shape index (κ2) is 5.36. The lowest BCUT2D eigenvalue weighted by Gasteiger charge is -2.38. The number of hydrogen-bond acceptors (Lipinski definition) is 3. The molecule has 0 aromatic carbocycles. The molecule has 2 fully saturated rings. The summed E-state index contributed by atoms with van der Waals surface area (Å²) in [5.41, 5.74) is -0.00864. The summed E-state index contributed by atoms with van der Waals surface area (Å²) in [6, 6.07) is -0.0131. The second-order valence-electron chi connectivity index (χ2n) is 5.61. The Balaban J connectivity index is 1.99. The van der Waals surface area contributed by atoms with Crippen molar-refractivity contribution in [1.82, 2.24) is 10.2 Å². The van der Waals surface area contributed by atoms with Crippen LogP contribution in [0.5, 0.6) is 0 Å². The van der Waals surface area contributed by atoms with E-state index >= 15 is 0 Å². The molecule has 2 rings (SSSR count). The summed E-state index contributed by atoms with van der Waals surface area (Å²) in [5, 5.41) is 12.7. The largest absolute Gasteiger partial charge is 0.396 e. The van der Waals surface area contributed by atoms with Crippen LogP contribution in [0.3, 0.4) is 0 Å². The average molecular weight is 240 g/mol. The fourth-order valence-electron chi connectivity index (χ4n) is 3.26. The maximum absolute atomic E-state index is 12.2. The van der Waals surface area contributed by atoms with E-state index in [-0.39, 0.29) is 24.0 Å². The molecule has 1 saturated carbocycles. The standard InChI is InChI=1S/C13H24N2O2/c1-14-11-5-4-8-15(12(11)17)9-13(10-16)6-2-3-7-13/h11,14,16H,2-10H2,1H3. The molecule has 1 saturated heterocycles. The van der Waals surface area contributed by atoms with E-state index in [9.17, 15) is 9.90 Å². The molecule has 0 radical (unpaired) electrons. The molecule has 1 unspecified atom stereocenters. The quantitative estimate of drug-likeness (QED) is 0.762. The SMILES string of the molecule is CNC1CCCN(CC2(CO)CCCC2)C1=O. The van der Waals surface area contributed by atoms with E-state index in [1.807, 2.05) is 11.9 Å². The Bertz CT molecular complexity index is 275. The third kappa shape index (κ3) is 2.63. The summed E-state index contributed by atoms with van der Waals surface area (Å²) in [6.45, 7) is 1.83. The van der Waals surface area contributed by atoms with E-state index in [0.29, 0.717) is 0 Å². The molecule has 2 N–H and O–H groups in total. The molecule has 1 amide bonds. The number of nitrogens with one attached hydrogen (secondary N) is 1. The van der Waals surface area contributed by atoms with Crippen molar-refractivity contribution in [2.24, 2.45) is 5.41 Å². The van der Waals surface area contributed by atoms with Gasteiger partial charge in [-0.2, -0.15) is 0 Å². The number of nitrogens with zero attached hydrogens (tertiary/aromatic N) is 1. The predicted molar refractivity (Wildman–Crippen MR) is 66.6 cm³/mol. The molecule has 17 heavy (non-hydrogen) atoms. The summed E-state index contributed by atoms with van der Waals surface area (Å²) in [5.74, 6) is 0.221. The van der Waals surface area contributed by atoms with Crippen molar-refractivity contribution >= 4 is 5.91 Å². The van der Waals surface area contributed by atoms with E-state index in [1.54, 1.807) is 0 Å². The van der Waals surface area contributed by atoms with Gasteiger partial charge < -0.3 is 15.3 Å². The van der Waals surface area contributed by atoms with Gasteiger partial charge in [0.25, 0.3) is 0 Å². The topological polar surface area (TPSA) is 52.6 Å². The molecule has 98 valence electrons. The first kappa shape index (κ1) is 12.8. The van der Waals surface area contributed by atoms with Crippen molar-refractivity contribution in [1.29, 1.82) is 0 Å². The molecule has 1 aliphatic heterocycles. The number of likely N-dealkylation sites (tertiary alicyclic amines) is 1. The molecule has 1 aliphatic carbocycles. The molecule has 0 bridgehead atoms. The number of likely N-dealkylation sites (N-methyl/N-ethyl adjacent to an activating group) is 1. The lowest BCUT2D eigenvalue weighted by atomic mass is 9.85. The molecule has 0 spiro atoms. The molecule has 2 aliphatic rings. The van der Waals surface area contributed by atoms with Gasteiger partial charge >= 0.3 is 0 Å². The van der Waals surface area contributed by atoms with Gasteiger partial charge in [0, 0.05) is 18.5 Å². The van der Waals surface area contributed by atoms with Gasteiger partial charge in [0.05, 0.1) is 12.6 Å². The maximum Gasteiger partial charge on any atom is 0.239 e. The van der Waals surface area contributed by atoms with Crippen LogP contribution in [0.25, 0.3) is 0 Å². The Morgan fingerprint density at radius 2 is 2.12 bits per heavy atom. The lowest BCUT2D eigenvalue weighted by molar-refractivity contribution is -0.138. The molecule has 4 heteroatoms. The summed E-state index contributed by atoms with van der Waals surface area (Å²) < 4.78 is 0. The first-order valence-electron chi connectivity index (χ1n) is 6.78. The average Bonchev–Trinajstić information content (AvgIpc) is 2.81. The third-order valence-corrected chi connectivity index (χ3v) is 4.40. The molecule has 0 aromatic rings. The van der Waals surface area contributed by atoms with Crippen LogP contribution >= 0.6 is 0 Å². The van der Waals surface area contributed by atoms with Crippen LogP contribution in [0.4, 0.5) is 0 Å². The van der Waals surface area contributed by atoms with Gasteiger partial charge in [0.2, 0.25) is 5.91 Å². The van der Waals surface area contributed by atoms with Gasteiger partial charge in [-0.25, -0.2) is 0 Å². The molecular formula is C13H24N2O2. The summed E-state index contributed by atoms with van der Waals surface area (Å²) >= 11 is 0. The first-order valence-corrected chi connectivity index (χ1v) is 6.78. The Kier molecular flexibility index (Phi) is 4.05. The minimum Gasteiger partial charge on any atom is -0.396 e. The van der Waals surface area contributed by atoms with E-state index in [0.717, 1.165) is 38.8 Å². The zero-order valence-electron chi connectivity index (χ0n) is 10.7. The van der Waals surface area contributed by atoms with Gasteiger partial charge in [0.15, 0.2) is 0 Å². The Labute approximate surface area is 103 Å². The smallest absolute Gasteiger partial charge is 0.239 e. The summed E-state index contributed by atoms with van der Waals surface area (Å²) in [7, 11) is 1.85. The predicted octanol–water partition coefficient (Wildman–Crippen LogP) is 0.749. The van der Waals surface area contributed by atoms with Gasteiger partial charge in [-0.1, -0.05) is 12.8 Å². The molecule has 1 heterocycles. The minimum absolute atomic E-state index is 0.00864. The number of aliphatic hydroxyl groups is 1. The lowest BCUT2D eigenvalue weighted by Crippen LogP contribution is -2.53. The van der Waals surface area contributed by atoms with Gasteiger partial charge in [-0.15, -0.1) is 0 Å². The summed E-state index contributed by atoms with van der Waals surface area (Å²) in [4.78, 5) is 14.1. The van der Waals surface area contributed by atoms with Crippen molar-refractivity contribution in [2.75, 3.05) is 26.7 Å². The minimum atomic E-state index is -0.0131. The van der Waals surface area contributed by atoms with Crippen LogP contribution in [-0.2, 0) is 4.79 Å². The van der Waals surface area contributed by atoms with E-state index in [2.05, 4.69) is 5.32 Å². The van der Waals surface area contributed by atoms with E-state index < -0.39 is 0 Å². The number of aliphatic hydroxyl groups excluding tert-OH is 1. The summed E-state index contributed by atoms with van der Waals surface area (Å²) in [6.07, 6.45) is 6.53. The highest BCUT2D eigenvalue weighted by molar-refractivity contribution is 5.82. The monoisotopic (exact) mass is 240 g/mol. The highest BCUT2D eigenvalue weighted by atomic mass is 16.3. The Morgan fingerprint density at radius 1 is 1.41 bits per heavy atom. The van der Waals surface area contributed by atoms with Crippen LogP contribution in [0.2, 0.25) is 0 Å². The number of carbonyl (C=O) groups excluding carboxylic acids is 1. The Hall–Kier alpha value is -0.610. The fraction of sp³-hybridized carbons (Fsp3) is 0.923.